The van der Waals surface area contributed by atoms with Gasteiger partial charge in [-0.25, -0.2) is 0 Å². The van der Waals surface area contributed by atoms with Crippen LogP contribution in [0.3, 0.4) is 0 Å². The van der Waals surface area contributed by atoms with Crippen LogP contribution in [0.25, 0.3) is 22.5 Å². The number of rotatable bonds is 3. The number of hydrogen-bond donors (Lipinski definition) is 0. The van der Waals surface area contributed by atoms with Gasteiger partial charge in [-0.05, 0) is 17.7 Å². The summed E-state index contributed by atoms with van der Waals surface area (Å²) in [5.41, 5.74) is 4.44. The SMILES string of the molecule is Cn1c(-c2ccccc2Cl)cc(C=O)c1-c1ccccc1. The molecule has 0 fully saturated rings. The Morgan fingerprint density at radius 1 is 1.00 bits per heavy atom. The molecule has 0 N–H and O–H groups in total. The monoisotopic (exact) mass is 295 g/mol. The summed E-state index contributed by atoms with van der Waals surface area (Å²) in [4.78, 5) is 11.4. The summed E-state index contributed by atoms with van der Waals surface area (Å²) in [6.45, 7) is 0. The average Bonchev–Trinajstić information content (AvgIpc) is 2.85. The molecular weight excluding hydrogens is 282 g/mol. The molecule has 3 rings (SSSR count). The van der Waals surface area contributed by atoms with Crippen LogP contribution >= 0.6 is 11.6 Å². The lowest BCUT2D eigenvalue weighted by Crippen LogP contribution is -1.96. The summed E-state index contributed by atoms with van der Waals surface area (Å²) in [6, 6.07) is 19.4. The third-order valence-electron chi connectivity index (χ3n) is 3.59. The van der Waals surface area contributed by atoms with Crippen molar-refractivity contribution in [2.45, 2.75) is 0 Å². The Hall–Kier alpha value is -2.32. The van der Waals surface area contributed by atoms with Gasteiger partial charge < -0.3 is 4.57 Å². The Bertz CT molecular complexity index is 790. The molecular formula is C18H14ClNO. The van der Waals surface area contributed by atoms with Gasteiger partial charge in [0.15, 0.2) is 6.29 Å². The van der Waals surface area contributed by atoms with E-state index in [0.29, 0.717) is 10.6 Å². The van der Waals surface area contributed by atoms with Crippen LogP contribution in [-0.4, -0.2) is 10.9 Å². The molecule has 3 aromatic rings. The van der Waals surface area contributed by atoms with Gasteiger partial charge in [-0.3, -0.25) is 4.79 Å². The molecule has 1 aromatic heterocycles. The van der Waals surface area contributed by atoms with Gasteiger partial charge in [-0.2, -0.15) is 0 Å². The van der Waals surface area contributed by atoms with E-state index in [1.54, 1.807) is 0 Å². The fourth-order valence-electron chi connectivity index (χ4n) is 2.60. The first kappa shape index (κ1) is 13.7. The first-order valence-electron chi connectivity index (χ1n) is 6.67. The van der Waals surface area contributed by atoms with Gasteiger partial charge in [0.05, 0.1) is 11.4 Å². The van der Waals surface area contributed by atoms with E-state index >= 15 is 0 Å². The van der Waals surface area contributed by atoms with E-state index < -0.39 is 0 Å². The van der Waals surface area contributed by atoms with E-state index in [2.05, 4.69) is 0 Å². The molecule has 0 amide bonds. The highest BCUT2D eigenvalue weighted by Crippen LogP contribution is 2.34. The third-order valence-corrected chi connectivity index (χ3v) is 3.92. The molecule has 3 heteroatoms. The summed E-state index contributed by atoms with van der Waals surface area (Å²) in [7, 11) is 1.95. The Kier molecular flexibility index (Phi) is 3.63. The minimum absolute atomic E-state index is 0.665. The second kappa shape index (κ2) is 5.58. The molecule has 0 spiro atoms. The number of benzene rings is 2. The zero-order valence-corrected chi connectivity index (χ0v) is 12.3. The van der Waals surface area contributed by atoms with Crippen molar-refractivity contribution in [3.8, 4) is 22.5 Å². The van der Waals surface area contributed by atoms with Crippen LogP contribution in [0, 0.1) is 0 Å². The van der Waals surface area contributed by atoms with Gasteiger partial charge in [-0.15, -0.1) is 0 Å². The zero-order chi connectivity index (χ0) is 14.8. The number of halogens is 1. The van der Waals surface area contributed by atoms with E-state index in [9.17, 15) is 4.79 Å². The predicted molar refractivity (Wildman–Crippen MR) is 86.7 cm³/mol. The second-order valence-electron chi connectivity index (χ2n) is 4.86. The van der Waals surface area contributed by atoms with Gasteiger partial charge >= 0.3 is 0 Å². The smallest absolute Gasteiger partial charge is 0.152 e. The summed E-state index contributed by atoms with van der Waals surface area (Å²) in [5, 5.41) is 0.676. The highest BCUT2D eigenvalue weighted by atomic mass is 35.5. The van der Waals surface area contributed by atoms with Crippen LogP contribution in [-0.2, 0) is 7.05 Å². The molecule has 0 aliphatic rings. The Morgan fingerprint density at radius 3 is 2.33 bits per heavy atom. The maximum Gasteiger partial charge on any atom is 0.152 e. The normalized spacial score (nSPS) is 10.6. The number of aldehydes is 1. The van der Waals surface area contributed by atoms with E-state index in [1.165, 1.54) is 0 Å². The van der Waals surface area contributed by atoms with Crippen LogP contribution in [0.4, 0.5) is 0 Å². The molecule has 0 aliphatic heterocycles. The number of carbonyl (C=O) groups is 1. The van der Waals surface area contributed by atoms with Crippen molar-refractivity contribution < 1.29 is 4.79 Å². The maximum atomic E-state index is 11.4. The van der Waals surface area contributed by atoms with E-state index in [0.717, 1.165) is 28.8 Å². The molecule has 0 aliphatic carbocycles. The Labute approximate surface area is 128 Å². The van der Waals surface area contributed by atoms with Crippen molar-refractivity contribution in [3.05, 3.63) is 71.2 Å². The first-order chi connectivity index (χ1) is 10.2. The van der Waals surface area contributed by atoms with Crippen LogP contribution in [0.5, 0.6) is 0 Å². The van der Waals surface area contributed by atoms with Gasteiger partial charge in [0.2, 0.25) is 0 Å². The van der Waals surface area contributed by atoms with Crippen molar-refractivity contribution >= 4 is 17.9 Å². The molecule has 0 atom stereocenters. The van der Waals surface area contributed by atoms with Crippen molar-refractivity contribution in [3.63, 3.8) is 0 Å². The summed E-state index contributed by atoms with van der Waals surface area (Å²) < 4.78 is 2.01. The fourth-order valence-corrected chi connectivity index (χ4v) is 2.83. The minimum atomic E-state index is 0.665. The lowest BCUT2D eigenvalue weighted by molar-refractivity contribution is 0.112. The van der Waals surface area contributed by atoms with Gasteiger partial charge in [0.1, 0.15) is 0 Å². The Balaban J connectivity index is 2.25. The number of aromatic nitrogens is 1. The number of carbonyl (C=O) groups excluding carboxylic acids is 1. The minimum Gasteiger partial charge on any atom is -0.343 e. The number of hydrogen-bond acceptors (Lipinski definition) is 1. The lowest BCUT2D eigenvalue weighted by Gasteiger charge is -2.09. The van der Waals surface area contributed by atoms with Gasteiger partial charge in [0.25, 0.3) is 0 Å². The molecule has 0 radical (unpaired) electrons. The van der Waals surface area contributed by atoms with E-state index in [1.807, 2.05) is 72.3 Å². The molecule has 0 saturated heterocycles. The van der Waals surface area contributed by atoms with Crippen molar-refractivity contribution in [1.29, 1.82) is 0 Å². The molecule has 21 heavy (non-hydrogen) atoms. The van der Waals surface area contributed by atoms with Gasteiger partial charge in [0, 0.05) is 23.2 Å². The number of nitrogens with zero attached hydrogens (tertiary/aromatic N) is 1. The largest absolute Gasteiger partial charge is 0.343 e. The molecule has 2 aromatic carbocycles. The maximum absolute atomic E-state index is 11.4. The molecule has 0 unspecified atom stereocenters. The van der Waals surface area contributed by atoms with E-state index in [-0.39, 0.29) is 0 Å². The zero-order valence-electron chi connectivity index (χ0n) is 11.6. The van der Waals surface area contributed by atoms with Gasteiger partial charge in [-0.1, -0.05) is 60.1 Å². The van der Waals surface area contributed by atoms with Crippen LogP contribution < -0.4 is 0 Å². The summed E-state index contributed by atoms with van der Waals surface area (Å²) in [5.74, 6) is 0. The lowest BCUT2D eigenvalue weighted by atomic mass is 10.1. The molecule has 0 bridgehead atoms. The predicted octanol–water partition coefficient (Wildman–Crippen LogP) is 4.83. The Morgan fingerprint density at radius 2 is 1.67 bits per heavy atom. The fraction of sp³-hybridized carbons (Fsp3) is 0.0556. The second-order valence-corrected chi connectivity index (χ2v) is 5.26. The highest BCUT2D eigenvalue weighted by Gasteiger charge is 2.16. The summed E-state index contributed by atoms with van der Waals surface area (Å²) >= 11 is 6.28. The van der Waals surface area contributed by atoms with Crippen LogP contribution in [0.2, 0.25) is 5.02 Å². The molecule has 0 saturated carbocycles. The molecule has 1 heterocycles. The standard InChI is InChI=1S/C18H14ClNO/c1-20-17(15-9-5-6-10-16(15)19)11-14(12-21)18(20)13-7-3-2-4-8-13/h2-12H,1H3. The molecule has 104 valence electrons. The van der Waals surface area contributed by atoms with Crippen molar-refractivity contribution in [2.24, 2.45) is 7.05 Å². The van der Waals surface area contributed by atoms with Crippen molar-refractivity contribution in [1.82, 2.24) is 4.57 Å². The average molecular weight is 296 g/mol. The van der Waals surface area contributed by atoms with Crippen molar-refractivity contribution in [2.75, 3.05) is 0 Å². The quantitative estimate of drug-likeness (QED) is 0.635. The topological polar surface area (TPSA) is 22.0 Å². The van der Waals surface area contributed by atoms with E-state index in [4.69, 9.17) is 11.6 Å². The molecule has 2 nitrogen and oxygen atoms in total. The third kappa shape index (κ3) is 2.39. The van der Waals surface area contributed by atoms with Crippen LogP contribution in [0.15, 0.2) is 60.7 Å². The van der Waals surface area contributed by atoms with Crippen LogP contribution in [0.1, 0.15) is 10.4 Å². The highest BCUT2D eigenvalue weighted by molar-refractivity contribution is 6.33. The first-order valence-corrected chi connectivity index (χ1v) is 7.05. The summed E-state index contributed by atoms with van der Waals surface area (Å²) in [6.07, 6.45) is 0.892.